The van der Waals surface area contributed by atoms with Gasteiger partial charge in [0.1, 0.15) is 11.1 Å². The van der Waals surface area contributed by atoms with Gasteiger partial charge >= 0.3 is 7.12 Å². The molecule has 7 heteroatoms. The third-order valence-electron chi connectivity index (χ3n) is 7.89. The largest absolute Gasteiger partial charge is 0.517 e. The van der Waals surface area contributed by atoms with Gasteiger partial charge in [-0.1, -0.05) is 103 Å². The van der Waals surface area contributed by atoms with Gasteiger partial charge in [0.05, 0.1) is 16.2 Å². The van der Waals surface area contributed by atoms with Crippen LogP contribution in [0.25, 0.3) is 11.0 Å². The average Bonchev–Trinajstić information content (AvgIpc) is 3.39. The molecule has 0 N–H and O–H groups in total. The molecule has 0 spiro atoms. The van der Waals surface area contributed by atoms with E-state index in [1.165, 1.54) is 0 Å². The van der Waals surface area contributed by atoms with E-state index in [1.54, 1.807) is 6.20 Å². The molecule has 3 aromatic carbocycles. The second kappa shape index (κ2) is 9.09. The second-order valence-corrected chi connectivity index (χ2v) is 11.2. The molecule has 1 aliphatic rings. The van der Waals surface area contributed by atoms with E-state index >= 15 is 0 Å². The van der Waals surface area contributed by atoms with Crippen LogP contribution >= 0.6 is 11.6 Å². The van der Waals surface area contributed by atoms with Crippen molar-refractivity contribution in [1.29, 1.82) is 0 Å². The lowest BCUT2D eigenvalue weighted by molar-refractivity contribution is 0.00578. The van der Waals surface area contributed by atoms with Gasteiger partial charge in [0, 0.05) is 11.6 Å². The Morgan fingerprint density at radius 1 is 0.737 bits per heavy atom. The van der Waals surface area contributed by atoms with E-state index < -0.39 is 23.9 Å². The van der Waals surface area contributed by atoms with E-state index in [9.17, 15) is 0 Å². The molecule has 0 amide bonds. The number of nitrogens with zero attached hydrogens (tertiary/aromatic N) is 3. The first-order valence-electron chi connectivity index (χ1n) is 12.8. The van der Waals surface area contributed by atoms with Crippen molar-refractivity contribution in [2.24, 2.45) is 0 Å². The van der Waals surface area contributed by atoms with Crippen molar-refractivity contribution in [3.05, 3.63) is 125 Å². The SMILES string of the molecule is CC1(C)OB(c2nn(C(c3ccccc3)(c3ccccc3)c3ccccc3)c3ncc(Cl)cc23)OC1(C)C. The zero-order valence-electron chi connectivity index (χ0n) is 21.9. The lowest BCUT2D eigenvalue weighted by Gasteiger charge is -2.36. The highest BCUT2D eigenvalue weighted by atomic mass is 35.5. The smallest absolute Gasteiger partial charge is 0.398 e. The summed E-state index contributed by atoms with van der Waals surface area (Å²) >= 11 is 6.50. The maximum atomic E-state index is 6.50. The van der Waals surface area contributed by atoms with Gasteiger partial charge in [0.15, 0.2) is 5.65 Å². The highest BCUT2D eigenvalue weighted by Crippen LogP contribution is 2.42. The zero-order chi connectivity index (χ0) is 26.5. The van der Waals surface area contributed by atoms with E-state index in [0.29, 0.717) is 16.3 Å². The van der Waals surface area contributed by atoms with Crippen molar-refractivity contribution in [3.8, 4) is 0 Å². The molecule has 0 unspecified atom stereocenters. The minimum absolute atomic E-state index is 0.519. The lowest BCUT2D eigenvalue weighted by Crippen LogP contribution is -2.41. The van der Waals surface area contributed by atoms with Crippen molar-refractivity contribution in [2.45, 2.75) is 44.4 Å². The summed E-state index contributed by atoms with van der Waals surface area (Å²) in [6.45, 7) is 8.17. The van der Waals surface area contributed by atoms with Crippen molar-refractivity contribution in [2.75, 3.05) is 0 Å². The predicted molar refractivity (Wildman–Crippen MR) is 153 cm³/mol. The van der Waals surface area contributed by atoms with Crippen LogP contribution in [0.4, 0.5) is 0 Å². The molecule has 5 nitrogen and oxygen atoms in total. The molecule has 5 aromatic rings. The molecule has 1 aliphatic heterocycles. The second-order valence-electron chi connectivity index (χ2n) is 10.7. The molecule has 0 radical (unpaired) electrons. The van der Waals surface area contributed by atoms with E-state index in [0.717, 1.165) is 22.1 Å². The highest BCUT2D eigenvalue weighted by molar-refractivity contribution is 6.64. The average molecular weight is 522 g/mol. The van der Waals surface area contributed by atoms with Crippen LogP contribution in [-0.2, 0) is 14.8 Å². The Kier molecular flexibility index (Phi) is 5.95. The van der Waals surface area contributed by atoms with Gasteiger partial charge in [-0.25, -0.2) is 9.67 Å². The normalized spacial score (nSPS) is 16.7. The fraction of sp³-hybridized carbons (Fsp3) is 0.226. The van der Waals surface area contributed by atoms with Crippen LogP contribution in [0, 0.1) is 0 Å². The maximum absolute atomic E-state index is 6.50. The first-order valence-corrected chi connectivity index (χ1v) is 13.2. The number of halogens is 1. The maximum Gasteiger partial charge on any atom is 0.517 e. The molecule has 1 fully saturated rings. The van der Waals surface area contributed by atoms with Gasteiger partial charge < -0.3 is 9.31 Å². The van der Waals surface area contributed by atoms with Crippen molar-refractivity contribution in [3.63, 3.8) is 0 Å². The number of benzene rings is 3. The Labute approximate surface area is 228 Å². The minimum Gasteiger partial charge on any atom is -0.398 e. The Balaban J connectivity index is 1.72. The first kappa shape index (κ1) is 24.9. The van der Waals surface area contributed by atoms with Gasteiger partial charge in [0.25, 0.3) is 0 Å². The minimum atomic E-state index is -0.829. The van der Waals surface area contributed by atoms with Crippen LogP contribution in [0.3, 0.4) is 0 Å². The quantitative estimate of drug-likeness (QED) is 0.203. The summed E-state index contributed by atoms with van der Waals surface area (Å²) < 4.78 is 15.0. The van der Waals surface area contributed by atoms with Crippen molar-refractivity contribution < 1.29 is 9.31 Å². The highest BCUT2D eigenvalue weighted by Gasteiger charge is 2.54. The Morgan fingerprint density at radius 3 is 1.63 bits per heavy atom. The summed E-state index contributed by atoms with van der Waals surface area (Å²) in [6.07, 6.45) is 1.67. The topological polar surface area (TPSA) is 49.2 Å². The summed E-state index contributed by atoms with van der Waals surface area (Å²) in [5.74, 6) is 0. The number of hydrogen-bond donors (Lipinski definition) is 0. The molecule has 38 heavy (non-hydrogen) atoms. The van der Waals surface area contributed by atoms with Crippen LogP contribution in [0.2, 0.25) is 5.02 Å². The molecule has 0 bridgehead atoms. The molecule has 1 saturated heterocycles. The van der Waals surface area contributed by atoms with E-state index in [-0.39, 0.29) is 0 Å². The van der Waals surface area contributed by atoms with Gasteiger partial charge in [-0.05, 0) is 50.5 Å². The van der Waals surface area contributed by atoms with Crippen LogP contribution in [-0.4, -0.2) is 33.1 Å². The fourth-order valence-corrected chi connectivity index (χ4v) is 5.42. The zero-order valence-corrected chi connectivity index (χ0v) is 22.7. The fourth-order valence-electron chi connectivity index (χ4n) is 5.27. The summed E-state index contributed by atoms with van der Waals surface area (Å²) in [5, 5.41) is 6.61. The Bertz CT molecular complexity index is 1470. The van der Waals surface area contributed by atoms with Gasteiger partial charge in [-0.2, -0.15) is 5.10 Å². The molecule has 190 valence electrons. The Morgan fingerprint density at radius 2 is 1.18 bits per heavy atom. The first-order chi connectivity index (χ1) is 18.2. The van der Waals surface area contributed by atoms with Gasteiger partial charge in [0.2, 0.25) is 0 Å². The molecular formula is C31H29BClN3O2. The van der Waals surface area contributed by atoms with Crippen LogP contribution in [0.1, 0.15) is 44.4 Å². The molecule has 0 aliphatic carbocycles. The summed E-state index contributed by atoms with van der Waals surface area (Å²) in [7, 11) is -0.677. The van der Waals surface area contributed by atoms with Gasteiger partial charge in [-0.15, -0.1) is 0 Å². The molecule has 0 saturated carbocycles. The molecule has 0 atom stereocenters. The standard InChI is InChI=1S/C31H29BClN3O2/c1-29(2)30(3,4)38-32(37-29)27-26-20-25(33)21-34-28(26)36(35-27)31(22-14-8-5-9-15-22,23-16-10-6-11-17-23)24-18-12-7-13-19-24/h5-21H,1-4H3. The van der Waals surface area contributed by atoms with E-state index in [1.807, 2.05) is 56.6 Å². The number of rotatable bonds is 5. The summed E-state index contributed by atoms with van der Waals surface area (Å²) in [4.78, 5) is 4.85. The van der Waals surface area contributed by atoms with E-state index in [4.69, 9.17) is 31.0 Å². The van der Waals surface area contributed by atoms with Crippen LogP contribution in [0.5, 0.6) is 0 Å². The third kappa shape index (κ3) is 3.78. The molecule has 6 rings (SSSR count). The summed E-state index contributed by atoms with van der Waals surface area (Å²) in [5.41, 5.74) is 2.64. The van der Waals surface area contributed by atoms with Gasteiger partial charge in [-0.3, -0.25) is 0 Å². The molecule has 2 aromatic heterocycles. The third-order valence-corrected chi connectivity index (χ3v) is 8.09. The summed E-state index contributed by atoms with van der Waals surface area (Å²) in [6, 6.07) is 33.1. The number of pyridine rings is 1. The molecule has 3 heterocycles. The van der Waals surface area contributed by atoms with Crippen LogP contribution < -0.4 is 5.59 Å². The number of aromatic nitrogens is 3. The number of hydrogen-bond acceptors (Lipinski definition) is 4. The van der Waals surface area contributed by atoms with Crippen LogP contribution in [0.15, 0.2) is 103 Å². The monoisotopic (exact) mass is 521 g/mol. The molecular weight excluding hydrogens is 493 g/mol. The van der Waals surface area contributed by atoms with E-state index in [2.05, 4.69) is 72.8 Å². The van der Waals surface area contributed by atoms with Crippen molar-refractivity contribution in [1.82, 2.24) is 14.8 Å². The number of fused-ring (bicyclic) bond motifs is 1. The lowest BCUT2D eigenvalue weighted by atomic mass is 9.77. The Hall–Kier alpha value is -3.45. The van der Waals surface area contributed by atoms with Crippen molar-refractivity contribution >= 4 is 35.3 Å². The predicted octanol–water partition coefficient (Wildman–Crippen LogP) is 6.22.